The van der Waals surface area contributed by atoms with Gasteiger partial charge in [0.1, 0.15) is 33.0 Å². The number of ether oxygens (including phenoxy) is 2. The fourth-order valence-electron chi connectivity index (χ4n) is 1.22. The highest BCUT2D eigenvalue weighted by atomic mass is 16.5. The summed E-state index contributed by atoms with van der Waals surface area (Å²) in [6.45, 7) is 5.08. The van der Waals surface area contributed by atoms with Crippen molar-refractivity contribution in [3.8, 4) is 47.4 Å². The quantitative estimate of drug-likeness (QED) is 0.681. The molecule has 0 atom stereocenters. The summed E-state index contributed by atoms with van der Waals surface area (Å²) in [7, 11) is 0. The second-order valence-electron chi connectivity index (χ2n) is 4.02. The van der Waals surface area contributed by atoms with Crippen LogP contribution in [0.4, 0.5) is 0 Å². The molecule has 1 aromatic carbocycles. The van der Waals surface area contributed by atoms with Crippen LogP contribution in [0.25, 0.3) is 0 Å². The number of benzene rings is 1. The molecule has 0 aliphatic carbocycles. The highest BCUT2D eigenvalue weighted by Crippen LogP contribution is 1.94. The summed E-state index contributed by atoms with van der Waals surface area (Å²) in [5, 5.41) is 8.21. The molecule has 0 radical (unpaired) electrons. The van der Waals surface area contributed by atoms with Crippen LogP contribution < -0.4 is 0 Å². The molecule has 0 spiro atoms. The lowest BCUT2D eigenvalue weighted by atomic mass is 10.2. The molecular weight excluding hydrogens is 300 g/mol. The van der Waals surface area contributed by atoms with E-state index in [1.165, 1.54) is 0 Å². The van der Waals surface area contributed by atoms with E-state index in [0.717, 1.165) is 5.56 Å². The zero-order valence-electron chi connectivity index (χ0n) is 14.2. The first-order valence-electron chi connectivity index (χ1n) is 7.40. The Labute approximate surface area is 145 Å². The Morgan fingerprint density at radius 1 is 0.750 bits per heavy atom. The summed E-state index contributed by atoms with van der Waals surface area (Å²) >= 11 is 0. The molecule has 24 heavy (non-hydrogen) atoms. The van der Waals surface area contributed by atoms with Crippen molar-refractivity contribution in [2.24, 2.45) is 0 Å². The molecule has 1 rings (SSSR count). The maximum absolute atomic E-state index is 8.21. The average Bonchev–Trinajstić information content (AvgIpc) is 2.62. The van der Waals surface area contributed by atoms with Gasteiger partial charge < -0.3 is 14.6 Å². The largest absolute Gasteiger partial charge is 0.384 e. The SMILES string of the molecule is CC#CCOCC#CCO.CC#CCOCC#Cc1ccccc1. The molecule has 1 aromatic rings. The Balaban J connectivity index is 0.000000470. The zero-order chi connectivity index (χ0) is 17.7. The third kappa shape index (κ3) is 15.7. The Bertz CT molecular complexity index is 662. The van der Waals surface area contributed by atoms with E-state index < -0.39 is 0 Å². The molecule has 124 valence electrons. The molecule has 0 unspecified atom stereocenters. The highest BCUT2D eigenvalue weighted by molar-refractivity contribution is 5.33. The summed E-state index contributed by atoms with van der Waals surface area (Å²) in [5.41, 5.74) is 1.01. The van der Waals surface area contributed by atoms with Crippen LogP contribution >= 0.6 is 0 Å². The second kappa shape index (κ2) is 18.4. The monoisotopic (exact) mass is 322 g/mol. The molecule has 0 aliphatic heterocycles. The summed E-state index contributed by atoms with van der Waals surface area (Å²) in [6.07, 6.45) is 0. The Morgan fingerprint density at radius 2 is 1.29 bits per heavy atom. The van der Waals surface area contributed by atoms with E-state index in [-0.39, 0.29) is 6.61 Å². The van der Waals surface area contributed by atoms with Gasteiger partial charge in [-0.2, -0.15) is 0 Å². The summed E-state index contributed by atoms with van der Waals surface area (Å²) < 4.78 is 10.1. The number of hydrogen-bond donors (Lipinski definition) is 1. The van der Waals surface area contributed by atoms with Crippen molar-refractivity contribution in [2.45, 2.75) is 13.8 Å². The van der Waals surface area contributed by atoms with E-state index in [4.69, 9.17) is 14.6 Å². The van der Waals surface area contributed by atoms with Crippen molar-refractivity contribution in [3.05, 3.63) is 35.9 Å². The predicted octanol–water partition coefficient (Wildman–Crippen LogP) is 2.10. The van der Waals surface area contributed by atoms with Crippen LogP contribution in [0, 0.1) is 47.4 Å². The van der Waals surface area contributed by atoms with Crippen molar-refractivity contribution in [1.29, 1.82) is 0 Å². The fourth-order valence-corrected chi connectivity index (χ4v) is 1.22. The van der Waals surface area contributed by atoms with Gasteiger partial charge in [-0.05, 0) is 26.0 Å². The second-order valence-corrected chi connectivity index (χ2v) is 4.02. The maximum atomic E-state index is 8.21. The van der Waals surface area contributed by atoms with Gasteiger partial charge in [-0.15, -0.1) is 11.8 Å². The van der Waals surface area contributed by atoms with E-state index in [9.17, 15) is 0 Å². The first-order valence-corrected chi connectivity index (χ1v) is 7.40. The van der Waals surface area contributed by atoms with Gasteiger partial charge in [0, 0.05) is 5.56 Å². The minimum atomic E-state index is -0.108. The number of aliphatic hydroxyl groups is 1. The summed E-state index contributed by atoms with van der Waals surface area (Å²) in [4.78, 5) is 0. The van der Waals surface area contributed by atoms with Crippen LogP contribution in [0.3, 0.4) is 0 Å². The molecule has 0 saturated carbocycles. The highest BCUT2D eigenvalue weighted by Gasteiger charge is 1.81. The maximum Gasteiger partial charge on any atom is 0.109 e. The first-order chi connectivity index (χ1) is 11.8. The lowest BCUT2D eigenvalue weighted by Gasteiger charge is -1.89. The molecule has 3 heteroatoms. The molecule has 0 fully saturated rings. The van der Waals surface area contributed by atoms with Crippen LogP contribution in [0.15, 0.2) is 30.3 Å². The summed E-state index contributed by atoms with van der Waals surface area (Å²) in [6, 6.07) is 9.84. The van der Waals surface area contributed by atoms with Gasteiger partial charge in [0.25, 0.3) is 0 Å². The van der Waals surface area contributed by atoms with E-state index in [1.807, 2.05) is 30.3 Å². The zero-order valence-corrected chi connectivity index (χ0v) is 14.2. The molecule has 0 aromatic heterocycles. The van der Waals surface area contributed by atoms with Gasteiger partial charge in [0.05, 0.1) is 0 Å². The van der Waals surface area contributed by atoms with E-state index in [0.29, 0.717) is 26.4 Å². The summed E-state index contributed by atoms with van der Waals surface area (Å²) in [5.74, 6) is 21.9. The van der Waals surface area contributed by atoms with Gasteiger partial charge in [-0.3, -0.25) is 0 Å². The van der Waals surface area contributed by atoms with E-state index in [2.05, 4.69) is 47.4 Å². The molecule has 0 heterocycles. The molecule has 0 aliphatic rings. The standard InChI is InChI=1S/C13H12O.C8H10O2/c1-2-3-11-14-12-7-10-13-8-5-4-6-9-13;1-2-3-7-10-8-5-4-6-9/h4-6,8-9H,11-12H2,1H3;9H,6-8H2,1H3. The average molecular weight is 322 g/mol. The van der Waals surface area contributed by atoms with Gasteiger partial charge in [0.15, 0.2) is 0 Å². The van der Waals surface area contributed by atoms with Crippen molar-refractivity contribution in [2.75, 3.05) is 33.0 Å². The van der Waals surface area contributed by atoms with Gasteiger partial charge >= 0.3 is 0 Å². The van der Waals surface area contributed by atoms with E-state index >= 15 is 0 Å². The van der Waals surface area contributed by atoms with Gasteiger partial charge in [-0.1, -0.05) is 53.7 Å². The van der Waals surface area contributed by atoms with Crippen molar-refractivity contribution < 1.29 is 14.6 Å². The first kappa shape index (κ1) is 21.3. The third-order valence-electron chi connectivity index (χ3n) is 2.26. The molecule has 0 saturated heterocycles. The Kier molecular flexibility index (Phi) is 16.4. The fraction of sp³-hybridized carbons (Fsp3) is 0.333. The number of aliphatic hydroxyl groups excluding tert-OH is 1. The van der Waals surface area contributed by atoms with Crippen molar-refractivity contribution in [3.63, 3.8) is 0 Å². The Hall–Kier alpha value is -2.66. The molecule has 0 bridgehead atoms. The smallest absolute Gasteiger partial charge is 0.109 e. The lowest BCUT2D eigenvalue weighted by Crippen LogP contribution is -1.91. The third-order valence-corrected chi connectivity index (χ3v) is 2.26. The van der Waals surface area contributed by atoms with Crippen LogP contribution in [0.5, 0.6) is 0 Å². The topological polar surface area (TPSA) is 38.7 Å². The van der Waals surface area contributed by atoms with Gasteiger partial charge in [-0.25, -0.2) is 0 Å². The number of hydrogen-bond acceptors (Lipinski definition) is 3. The predicted molar refractivity (Wildman–Crippen MR) is 96.7 cm³/mol. The lowest BCUT2D eigenvalue weighted by molar-refractivity contribution is 0.204. The van der Waals surface area contributed by atoms with Crippen LogP contribution in [0.2, 0.25) is 0 Å². The molecule has 0 amide bonds. The van der Waals surface area contributed by atoms with Crippen molar-refractivity contribution in [1.82, 2.24) is 0 Å². The van der Waals surface area contributed by atoms with Crippen LogP contribution in [0.1, 0.15) is 19.4 Å². The van der Waals surface area contributed by atoms with Crippen molar-refractivity contribution >= 4 is 0 Å². The molecule has 3 nitrogen and oxygen atoms in total. The van der Waals surface area contributed by atoms with Gasteiger partial charge in [0.2, 0.25) is 0 Å². The number of rotatable bonds is 4. The Morgan fingerprint density at radius 3 is 1.83 bits per heavy atom. The normalized spacial score (nSPS) is 7.62. The van der Waals surface area contributed by atoms with E-state index in [1.54, 1.807) is 13.8 Å². The minimum Gasteiger partial charge on any atom is -0.384 e. The molecule has 1 N–H and O–H groups in total. The molecular formula is C21H22O3. The minimum absolute atomic E-state index is 0.108. The van der Waals surface area contributed by atoms with Crippen LogP contribution in [-0.2, 0) is 9.47 Å². The van der Waals surface area contributed by atoms with Crippen LogP contribution in [-0.4, -0.2) is 38.1 Å².